The Hall–Kier alpha value is -1.77. The summed E-state index contributed by atoms with van der Waals surface area (Å²) < 4.78 is 12.4. The van der Waals surface area contributed by atoms with Crippen molar-refractivity contribution in [2.45, 2.75) is 67.0 Å². The SMILES string of the molecule is O=C(O)[C@H]1O[C@@H](Oc2ccc(CC(O)(Cn3[nH]cnc3=S)C3(Cl)CC3)c(Cl)c2)[C@H](O)[C@@H](O)[C@@H]1O. The molecule has 0 radical (unpaired) electrons. The number of rotatable bonds is 8. The van der Waals surface area contributed by atoms with E-state index in [9.17, 15) is 25.2 Å². The van der Waals surface area contributed by atoms with Gasteiger partial charge < -0.3 is 35.0 Å². The van der Waals surface area contributed by atoms with Crippen LogP contribution in [0.2, 0.25) is 5.02 Å². The van der Waals surface area contributed by atoms with Crippen LogP contribution in [0, 0.1) is 4.77 Å². The van der Waals surface area contributed by atoms with Crippen molar-refractivity contribution in [2.24, 2.45) is 0 Å². The van der Waals surface area contributed by atoms with Gasteiger partial charge in [-0.1, -0.05) is 17.7 Å². The normalized spacial score (nSPS) is 29.9. The predicted octanol–water partition coefficient (Wildman–Crippen LogP) is 0.610. The molecule has 14 heteroatoms. The Morgan fingerprint density at radius 2 is 2.03 bits per heavy atom. The number of aliphatic carboxylic acids is 1. The molecule has 1 unspecified atom stereocenters. The van der Waals surface area contributed by atoms with Gasteiger partial charge in [0.05, 0.1) is 11.4 Å². The molecule has 1 aliphatic carbocycles. The molecular formula is C20H23Cl2N3O8S. The van der Waals surface area contributed by atoms with Crippen LogP contribution in [0.3, 0.4) is 0 Å². The van der Waals surface area contributed by atoms with E-state index in [2.05, 4.69) is 10.1 Å². The van der Waals surface area contributed by atoms with E-state index in [1.807, 2.05) is 0 Å². The van der Waals surface area contributed by atoms with Crippen molar-refractivity contribution < 1.29 is 39.8 Å². The summed E-state index contributed by atoms with van der Waals surface area (Å²) in [4.78, 5) is 14.4. The number of hydrogen-bond acceptors (Lipinski definition) is 9. The molecule has 6 atom stereocenters. The molecule has 6 N–H and O–H groups in total. The zero-order chi connectivity index (χ0) is 24.8. The highest BCUT2D eigenvalue weighted by Crippen LogP contribution is 2.53. The topological polar surface area (TPSA) is 170 Å². The summed E-state index contributed by atoms with van der Waals surface area (Å²) >= 11 is 18.2. The van der Waals surface area contributed by atoms with Crippen LogP contribution in [0.4, 0.5) is 0 Å². The molecule has 0 amide bonds. The van der Waals surface area contributed by atoms with Gasteiger partial charge in [-0.15, -0.1) is 11.6 Å². The van der Waals surface area contributed by atoms with Crippen LogP contribution in [-0.4, -0.2) is 87.4 Å². The van der Waals surface area contributed by atoms with Gasteiger partial charge in [-0.3, -0.25) is 9.78 Å². The Balaban J connectivity index is 1.52. The second kappa shape index (κ2) is 9.36. The molecule has 1 aromatic carbocycles. The molecule has 2 aromatic rings. The van der Waals surface area contributed by atoms with Gasteiger partial charge in [-0.25, -0.2) is 9.78 Å². The second-order valence-electron chi connectivity index (χ2n) is 8.54. The van der Waals surface area contributed by atoms with Crippen LogP contribution < -0.4 is 4.74 Å². The number of nitrogens with zero attached hydrogens (tertiary/aromatic N) is 2. The highest BCUT2D eigenvalue weighted by atomic mass is 35.5. The van der Waals surface area contributed by atoms with Crippen molar-refractivity contribution in [3.8, 4) is 5.75 Å². The molecule has 11 nitrogen and oxygen atoms in total. The molecule has 2 aliphatic rings. The van der Waals surface area contributed by atoms with Crippen molar-refractivity contribution >= 4 is 41.4 Å². The zero-order valence-electron chi connectivity index (χ0n) is 17.5. The number of halogens is 2. The molecule has 34 heavy (non-hydrogen) atoms. The van der Waals surface area contributed by atoms with Gasteiger partial charge in [-0.05, 0) is 42.8 Å². The van der Waals surface area contributed by atoms with Crippen LogP contribution in [-0.2, 0) is 22.5 Å². The molecule has 1 aromatic heterocycles. The third-order valence-electron chi connectivity index (χ3n) is 6.13. The molecule has 1 saturated carbocycles. The number of nitrogens with one attached hydrogen (secondary N) is 1. The Morgan fingerprint density at radius 1 is 1.32 bits per heavy atom. The lowest BCUT2D eigenvalue weighted by Crippen LogP contribution is -2.61. The first-order chi connectivity index (χ1) is 15.9. The van der Waals surface area contributed by atoms with Crippen molar-refractivity contribution in [3.05, 3.63) is 39.9 Å². The van der Waals surface area contributed by atoms with Gasteiger partial charge in [0.15, 0.2) is 6.10 Å². The fourth-order valence-electron chi connectivity index (χ4n) is 3.93. The van der Waals surface area contributed by atoms with Gasteiger partial charge >= 0.3 is 5.97 Å². The summed E-state index contributed by atoms with van der Waals surface area (Å²) in [5.41, 5.74) is -0.846. The lowest BCUT2D eigenvalue weighted by atomic mass is 9.89. The molecule has 186 valence electrons. The van der Waals surface area contributed by atoms with Crippen molar-refractivity contribution in [3.63, 3.8) is 0 Å². The number of hydrogen-bond donors (Lipinski definition) is 6. The summed E-state index contributed by atoms with van der Waals surface area (Å²) in [6.07, 6.45) is -5.96. The number of H-pyrrole nitrogens is 1. The Morgan fingerprint density at radius 3 is 2.59 bits per heavy atom. The van der Waals surface area contributed by atoms with E-state index in [0.29, 0.717) is 18.4 Å². The number of ether oxygens (including phenoxy) is 2. The maximum absolute atomic E-state index is 11.5. The largest absolute Gasteiger partial charge is 0.479 e. The Labute approximate surface area is 208 Å². The highest BCUT2D eigenvalue weighted by molar-refractivity contribution is 7.71. The molecule has 0 spiro atoms. The highest BCUT2D eigenvalue weighted by Gasteiger charge is 2.58. The zero-order valence-corrected chi connectivity index (χ0v) is 19.9. The maximum Gasteiger partial charge on any atom is 0.335 e. The van der Waals surface area contributed by atoms with Crippen LogP contribution >= 0.6 is 35.4 Å². The number of alkyl halides is 1. The average molecular weight is 536 g/mol. The average Bonchev–Trinajstić information content (AvgIpc) is 3.42. The second-order valence-corrected chi connectivity index (χ2v) is 10.0. The quantitative estimate of drug-likeness (QED) is 0.208. The van der Waals surface area contributed by atoms with E-state index in [0.717, 1.165) is 0 Å². The Kier molecular flexibility index (Phi) is 6.97. The van der Waals surface area contributed by atoms with E-state index in [-0.39, 0.29) is 28.5 Å². The smallest absolute Gasteiger partial charge is 0.335 e. The number of benzene rings is 1. The number of aromatic amines is 1. The van der Waals surface area contributed by atoms with Crippen molar-refractivity contribution in [1.82, 2.24) is 14.8 Å². The van der Waals surface area contributed by atoms with E-state index in [1.54, 1.807) is 6.07 Å². The van der Waals surface area contributed by atoms with E-state index >= 15 is 0 Å². The van der Waals surface area contributed by atoms with E-state index in [1.165, 1.54) is 23.1 Å². The summed E-state index contributed by atoms with van der Waals surface area (Å²) in [6.45, 7) is 0.0722. The van der Waals surface area contributed by atoms with E-state index < -0.39 is 47.2 Å². The molecule has 2 heterocycles. The first kappa shape index (κ1) is 25.3. The molecular weight excluding hydrogens is 513 g/mol. The lowest BCUT2D eigenvalue weighted by molar-refractivity contribution is -0.271. The van der Waals surface area contributed by atoms with Crippen molar-refractivity contribution in [2.75, 3.05) is 0 Å². The molecule has 4 rings (SSSR count). The first-order valence-electron chi connectivity index (χ1n) is 10.3. The number of aliphatic hydroxyl groups excluding tert-OH is 3. The van der Waals surface area contributed by atoms with Crippen LogP contribution in [0.15, 0.2) is 24.5 Å². The molecule has 1 aliphatic heterocycles. The number of aromatic nitrogens is 3. The fraction of sp³-hybridized carbons (Fsp3) is 0.550. The minimum atomic E-state index is -1.83. The predicted molar refractivity (Wildman–Crippen MR) is 120 cm³/mol. The standard InChI is InChI=1S/C20H23Cl2N3O8S/c21-11-5-10(32-17-14(28)12(26)13(27)15(33-17)16(29)30)2-1-9(11)6-20(31,19(22)3-4-19)7-25-18(34)23-8-24-25/h1-2,5,8,12-15,17,26-28,31H,3-4,6-7H2,(H,29,30)(H,23,24,34)/t12-,13-,14+,15-,17+,20?/m0/s1. The van der Waals surface area contributed by atoms with Crippen LogP contribution in [0.1, 0.15) is 18.4 Å². The maximum atomic E-state index is 11.5. The summed E-state index contributed by atoms with van der Waals surface area (Å²) in [7, 11) is 0. The van der Waals surface area contributed by atoms with Crippen LogP contribution in [0.5, 0.6) is 5.75 Å². The van der Waals surface area contributed by atoms with Gasteiger partial charge in [0.2, 0.25) is 11.1 Å². The molecule has 0 bridgehead atoms. The van der Waals surface area contributed by atoms with Crippen molar-refractivity contribution in [1.29, 1.82) is 0 Å². The molecule has 1 saturated heterocycles. The third kappa shape index (κ3) is 4.82. The monoisotopic (exact) mass is 535 g/mol. The third-order valence-corrected chi connectivity index (χ3v) is 7.54. The molecule has 2 fully saturated rings. The summed E-state index contributed by atoms with van der Waals surface area (Å²) in [6, 6.07) is 4.48. The fourth-order valence-corrected chi connectivity index (χ4v) is 4.56. The van der Waals surface area contributed by atoms with Gasteiger partial charge in [0.1, 0.15) is 36.0 Å². The lowest BCUT2D eigenvalue weighted by Gasteiger charge is -2.38. The first-order valence-corrected chi connectivity index (χ1v) is 11.5. The minimum absolute atomic E-state index is 0.0722. The van der Waals surface area contributed by atoms with E-state index in [4.69, 9.17) is 50.0 Å². The number of carbonyl (C=O) groups is 1. The Bertz CT molecular complexity index is 1130. The number of aliphatic hydroxyl groups is 4. The van der Waals surface area contributed by atoms with Crippen LogP contribution in [0.25, 0.3) is 0 Å². The van der Waals surface area contributed by atoms with Gasteiger partial charge in [0.25, 0.3) is 0 Å². The number of carboxylic acid groups (broad SMARTS) is 1. The number of carboxylic acids is 1. The summed E-state index contributed by atoms with van der Waals surface area (Å²) in [5, 5.41) is 53.6. The van der Waals surface area contributed by atoms with Gasteiger partial charge in [0, 0.05) is 11.4 Å². The minimum Gasteiger partial charge on any atom is -0.479 e. The van der Waals surface area contributed by atoms with Gasteiger partial charge in [-0.2, -0.15) is 0 Å². The summed E-state index contributed by atoms with van der Waals surface area (Å²) in [5.74, 6) is -1.41.